The fraction of sp³-hybridized carbons (Fsp3) is 0.136. The molecule has 0 aliphatic carbocycles. The first-order valence-electron chi connectivity index (χ1n) is 9.03. The number of amides is 1. The number of thiazole rings is 1. The van der Waals surface area contributed by atoms with Crippen molar-refractivity contribution in [2.75, 3.05) is 0 Å². The second-order valence-electron chi connectivity index (χ2n) is 6.49. The Morgan fingerprint density at radius 3 is 2.43 bits per heavy atom. The first-order chi connectivity index (χ1) is 13.6. The topological polar surface area (TPSA) is 59.8 Å². The number of para-hydroxylation sites is 1. The zero-order valence-electron chi connectivity index (χ0n) is 15.7. The van der Waals surface area contributed by atoms with E-state index in [-0.39, 0.29) is 5.91 Å². The highest BCUT2D eigenvalue weighted by Crippen LogP contribution is 2.23. The summed E-state index contributed by atoms with van der Waals surface area (Å²) < 4.78 is 1.81. The molecule has 0 bridgehead atoms. The van der Waals surface area contributed by atoms with E-state index in [1.807, 2.05) is 79.9 Å². The predicted molar refractivity (Wildman–Crippen MR) is 112 cm³/mol. The van der Waals surface area contributed by atoms with Gasteiger partial charge in [0.25, 0.3) is 5.91 Å². The third kappa shape index (κ3) is 3.59. The van der Waals surface area contributed by atoms with Gasteiger partial charge in [-0.3, -0.25) is 4.79 Å². The standard InChI is InChI=1S/C22H20N4OS/c1-15-20(16(2)26(25-15)19-11-7-4-8-12-19)21(27)23-13-18-14-28-22(24-18)17-9-5-3-6-10-17/h3-12,14H,13H2,1-2H3,(H,23,27). The molecule has 0 atom stereocenters. The van der Waals surface area contributed by atoms with Crippen LogP contribution in [0.25, 0.3) is 16.3 Å². The van der Waals surface area contributed by atoms with Crippen molar-refractivity contribution in [2.24, 2.45) is 0 Å². The lowest BCUT2D eigenvalue weighted by molar-refractivity contribution is 0.0949. The van der Waals surface area contributed by atoms with Crippen molar-refractivity contribution < 1.29 is 4.79 Å². The van der Waals surface area contributed by atoms with Crippen LogP contribution in [-0.2, 0) is 6.54 Å². The summed E-state index contributed by atoms with van der Waals surface area (Å²) in [6.07, 6.45) is 0. The molecule has 0 aliphatic rings. The van der Waals surface area contributed by atoms with Gasteiger partial charge in [0.15, 0.2) is 0 Å². The molecule has 0 spiro atoms. The molecule has 0 radical (unpaired) electrons. The monoisotopic (exact) mass is 388 g/mol. The van der Waals surface area contributed by atoms with Crippen molar-refractivity contribution in [2.45, 2.75) is 20.4 Å². The Balaban J connectivity index is 1.49. The van der Waals surface area contributed by atoms with E-state index in [1.54, 1.807) is 16.0 Å². The molecule has 140 valence electrons. The fourth-order valence-corrected chi connectivity index (χ4v) is 3.98. The van der Waals surface area contributed by atoms with E-state index in [0.717, 1.165) is 27.6 Å². The summed E-state index contributed by atoms with van der Waals surface area (Å²) in [6.45, 7) is 4.16. The van der Waals surface area contributed by atoms with E-state index in [9.17, 15) is 4.79 Å². The second-order valence-corrected chi connectivity index (χ2v) is 7.34. The fourth-order valence-electron chi connectivity index (χ4n) is 3.15. The van der Waals surface area contributed by atoms with Crippen molar-refractivity contribution in [3.05, 3.63) is 88.7 Å². The molecule has 1 amide bonds. The van der Waals surface area contributed by atoms with Gasteiger partial charge in [-0.1, -0.05) is 48.5 Å². The van der Waals surface area contributed by atoms with E-state index in [2.05, 4.69) is 15.4 Å². The molecule has 2 heterocycles. The zero-order valence-corrected chi connectivity index (χ0v) is 16.5. The maximum atomic E-state index is 12.8. The first kappa shape index (κ1) is 18.1. The molecule has 6 heteroatoms. The van der Waals surface area contributed by atoms with Gasteiger partial charge in [-0.25, -0.2) is 9.67 Å². The number of nitrogens with one attached hydrogen (secondary N) is 1. The molecule has 0 unspecified atom stereocenters. The minimum atomic E-state index is -0.133. The number of aromatic nitrogens is 3. The van der Waals surface area contributed by atoms with Crippen LogP contribution in [0.1, 0.15) is 27.4 Å². The summed E-state index contributed by atoms with van der Waals surface area (Å²) in [5, 5.41) is 10.5. The van der Waals surface area contributed by atoms with Crippen LogP contribution in [0.5, 0.6) is 0 Å². The van der Waals surface area contributed by atoms with E-state index >= 15 is 0 Å². The Morgan fingerprint density at radius 1 is 1.04 bits per heavy atom. The normalized spacial score (nSPS) is 10.8. The molecule has 0 saturated carbocycles. The van der Waals surface area contributed by atoms with Gasteiger partial charge < -0.3 is 5.32 Å². The molecule has 4 aromatic rings. The molecule has 1 N–H and O–H groups in total. The van der Waals surface area contributed by atoms with Crippen LogP contribution in [0, 0.1) is 13.8 Å². The van der Waals surface area contributed by atoms with E-state index in [4.69, 9.17) is 0 Å². The number of hydrogen-bond acceptors (Lipinski definition) is 4. The highest BCUT2D eigenvalue weighted by Gasteiger charge is 2.19. The Bertz CT molecular complexity index is 1100. The predicted octanol–water partition coefficient (Wildman–Crippen LogP) is 4.54. The molecule has 4 rings (SSSR count). The maximum Gasteiger partial charge on any atom is 0.255 e. The number of benzene rings is 2. The number of aryl methyl sites for hydroxylation is 1. The summed E-state index contributed by atoms with van der Waals surface area (Å²) in [4.78, 5) is 17.4. The van der Waals surface area contributed by atoms with E-state index < -0.39 is 0 Å². The molecule has 2 aromatic heterocycles. The SMILES string of the molecule is Cc1nn(-c2ccccc2)c(C)c1C(=O)NCc1csc(-c2ccccc2)n1. The van der Waals surface area contributed by atoms with Crippen LogP contribution in [-0.4, -0.2) is 20.7 Å². The van der Waals surface area contributed by atoms with Gasteiger partial charge >= 0.3 is 0 Å². The summed E-state index contributed by atoms with van der Waals surface area (Å²) in [5.74, 6) is -0.133. The van der Waals surface area contributed by atoms with Crippen LogP contribution in [0.3, 0.4) is 0 Å². The lowest BCUT2D eigenvalue weighted by Crippen LogP contribution is -2.24. The molecular formula is C22H20N4OS. The second kappa shape index (κ2) is 7.78. The maximum absolute atomic E-state index is 12.8. The lowest BCUT2D eigenvalue weighted by Gasteiger charge is -2.06. The number of hydrogen-bond donors (Lipinski definition) is 1. The number of carbonyl (C=O) groups is 1. The van der Waals surface area contributed by atoms with E-state index in [0.29, 0.717) is 17.8 Å². The van der Waals surface area contributed by atoms with Crippen molar-refractivity contribution in [1.29, 1.82) is 0 Å². The molecule has 5 nitrogen and oxygen atoms in total. The number of rotatable bonds is 5. The summed E-state index contributed by atoms with van der Waals surface area (Å²) in [5.41, 5.74) is 5.02. The van der Waals surface area contributed by atoms with Crippen LogP contribution in [0.4, 0.5) is 0 Å². The van der Waals surface area contributed by atoms with Crippen molar-refractivity contribution in [3.8, 4) is 16.3 Å². The smallest absolute Gasteiger partial charge is 0.255 e. The van der Waals surface area contributed by atoms with Gasteiger partial charge in [-0.2, -0.15) is 5.10 Å². The molecular weight excluding hydrogens is 368 g/mol. The van der Waals surface area contributed by atoms with Crippen molar-refractivity contribution >= 4 is 17.2 Å². The van der Waals surface area contributed by atoms with E-state index in [1.165, 1.54) is 0 Å². The average molecular weight is 388 g/mol. The first-order valence-corrected chi connectivity index (χ1v) is 9.91. The molecule has 0 fully saturated rings. The van der Waals surface area contributed by atoms with Gasteiger partial charge in [0.2, 0.25) is 0 Å². The minimum absolute atomic E-state index is 0.133. The molecule has 0 aliphatic heterocycles. The lowest BCUT2D eigenvalue weighted by atomic mass is 10.2. The molecule has 28 heavy (non-hydrogen) atoms. The van der Waals surface area contributed by atoms with Crippen molar-refractivity contribution in [3.63, 3.8) is 0 Å². The van der Waals surface area contributed by atoms with Gasteiger partial charge in [-0.05, 0) is 26.0 Å². The Hall–Kier alpha value is -3.25. The van der Waals surface area contributed by atoms with Crippen LogP contribution >= 0.6 is 11.3 Å². The largest absolute Gasteiger partial charge is 0.346 e. The molecule has 0 saturated heterocycles. The van der Waals surface area contributed by atoms with Crippen LogP contribution < -0.4 is 5.32 Å². The van der Waals surface area contributed by atoms with Crippen molar-refractivity contribution in [1.82, 2.24) is 20.1 Å². The van der Waals surface area contributed by atoms with Gasteiger partial charge in [0.1, 0.15) is 5.01 Å². The van der Waals surface area contributed by atoms with Gasteiger partial charge in [-0.15, -0.1) is 11.3 Å². The average Bonchev–Trinajstić information content (AvgIpc) is 3.32. The highest BCUT2D eigenvalue weighted by atomic mass is 32.1. The Kier molecular flexibility index (Phi) is 5.04. The van der Waals surface area contributed by atoms with Crippen LogP contribution in [0.15, 0.2) is 66.0 Å². The van der Waals surface area contributed by atoms with Crippen LogP contribution in [0.2, 0.25) is 0 Å². The third-order valence-corrected chi connectivity index (χ3v) is 5.46. The summed E-state index contributed by atoms with van der Waals surface area (Å²) in [7, 11) is 0. The zero-order chi connectivity index (χ0) is 19.5. The Morgan fingerprint density at radius 2 is 1.71 bits per heavy atom. The highest BCUT2D eigenvalue weighted by molar-refractivity contribution is 7.13. The quantitative estimate of drug-likeness (QED) is 0.546. The van der Waals surface area contributed by atoms with Gasteiger partial charge in [0, 0.05) is 10.9 Å². The molecule has 2 aromatic carbocycles. The summed E-state index contributed by atoms with van der Waals surface area (Å²) in [6, 6.07) is 19.9. The summed E-state index contributed by atoms with van der Waals surface area (Å²) >= 11 is 1.58. The third-order valence-electron chi connectivity index (χ3n) is 4.52. The number of nitrogens with zero attached hydrogens (tertiary/aromatic N) is 3. The Labute approximate surface area is 167 Å². The minimum Gasteiger partial charge on any atom is -0.346 e. The van der Waals surface area contributed by atoms with Gasteiger partial charge in [0.05, 0.1) is 34.9 Å². The number of carbonyl (C=O) groups excluding carboxylic acids is 1.